The molecule has 7 nitrogen and oxygen atoms in total. The number of aromatic amines is 1. The Morgan fingerprint density at radius 2 is 1.94 bits per heavy atom. The molecule has 3 aromatic heterocycles. The summed E-state index contributed by atoms with van der Waals surface area (Å²) in [4.78, 5) is 36.9. The molecular formula is C23H20N4O3S. The Bertz CT molecular complexity index is 1240. The molecule has 0 saturated heterocycles. The molecule has 0 radical (unpaired) electrons. The zero-order chi connectivity index (χ0) is 21.6. The maximum absolute atomic E-state index is 12.7. The number of pyridine rings is 2. The van der Waals surface area contributed by atoms with Crippen molar-refractivity contribution < 1.29 is 9.53 Å². The van der Waals surface area contributed by atoms with Crippen LogP contribution in [0.15, 0.2) is 71.9 Å². The van der Waals surface area contributed by atoms with E-state index in [1.165, 1.54) is 17.5 Å². The molecule has 0 aliphatic rings. The van der Waals surface area contributed by atoms with Gasteiger partial charge in [-0.2, -0.15) is 0 Å². The molecule has 4 rings (SSSR count). The van der Waals surface area contributed by atoms with E-state index >= 15 is 0 Å². The first-order valence-electron chi connectivity index (χ1n) is 9.65. The Morgan fingerprint density at radius 3 is 2.71 bits per heavy atom. The van der Waals surface area contributed by atoms with Crippen molar-refractivity contribution in [2.24, 2.45) is 0 Å². The zero-order valence-corrected chi connectivity index (χ0v) is 17.6. The van der Waals surface area contributed by atoms with Gasteiger partial charge in [-0.25, -0.2) is 4.98 Å². The lowest BCUT2D eigenvalue weighted by molar-refractivity contribution is 0.0954. The van der Waals surface area contributed by atoms with Gasteiger partial charge in [0.2, 0.25) is 0 Å². The lowest BCUT2D eigenvalue weighted by atomic mass is 10.2. The lowest BCUT2D eigenvalue weighted by Gasteiger charge is -2.09. The molecule has 8 heteroatoms. The van der Waals surface area contributed by atoms with Crippen LogP contribution in [-0.4, -0.2) is 20.9 Å². The maximum Gasteiger partial charge on any atom is 0.263 e. The van der Waals surface area contributed by atoms with Crippen LogP contribution in [-0.2, 0) is 13.2 Å². The van der Waals surface area contributed by atoms with E-state index in [2.05, 4.69) is 20.3 Å². The minimum atomic E-state index is -0.318. The molecule has 2 N–H and O–H groups in total. The van der Waals surface area contributed by atoms with Gasteiger partial charge in [0.05, 0.1) is 5.69 Å². The standard InChI is InChI=1S/C23H20N4O3S/c1-15-20(22(29)26-13-17-8-5-10-24-12-17)31-23(27-15)19-18(9-11-25-21(19)28)30-14-16-6-3-2-4-7-16/h2-12H,13-14H2,1H3,(H,25,28)(H,26,29). The van der Waals surface area contributed by atoms with Crippen LogP contribution in [0.2, 0.25) is 0 Å². The Balaban J connectivity index is 1.56. The second-order valence-electron chi connectivity index (χ2n) is 6.80. The molecule has 31 heavy (non-hydrogen) atoms. The molecule has 0 spiro atoms. The van der Waals surface area contributed by atoms with Gasteiger partial charge in [0.1, 0.15) is 27.8 Å². The molecule has 1 aromatic carbocycles. The van der Waals surface area contributed by atoms with Crippen LogP contribution >= 0.6 is 11.3 Å². The molecule has 156 valence electrons. The van der Waals surface area contributed by atoms with Crippen LogP contribution < -0.4 is 15.6 Å². The molecule has 0 bridgehead atoms. The summed E-state index contributed by atoms with van der Waals surface area (Å²) in [7, 11) is 0. The molecule has 0 saturated carbocycles. The highest BCUT2D eigenvalue weighted by Gasteiger charge is 2.20. The number of benzene rings is 1. The molecule has 0 aliphatic heterocycles. The summed E-state index contributed by atoms with van der Waals surface area (Å²) in [5, 5.41) is 3.31. The average molecular weight is 433 g/mol. The van der Waals surface area contributed by atoms with Crippen molar-refractivity contribution in [3.8, 4) is 16.3 Å². The molecule has 1 amide bonds. The minimum absolute atomic E-state index is 0.246. The second kappa shape index (κ2) is 9.36. The zero-order valence-electron chi connectivity index (χ0n) is 16.8. The fourth-order valence-electron chi connectivity index (χ4n) is 3.00. The summed E-state index contributed by atoms with van der Waals surface area (Å²) in [5.41, 5.74) is 2.44. The first-order chi connectivity index (χ1) is 15.1. The first kappa shape index (κ1) is 20.5. The van der Waals surface area contributed by atoms with Crippen LogP contribution in [0.3, 0.4) is 0 Å². The van der Waals surface area contributed by atoms with E-state index < -0.39 is 0 Å². The van der Waals surface area contributed by atoms with Crippen LogP contribution in [0.5, 0.6) is 5.75 Å². The quantitative estimate of drug-likeness (QED) is 0.464. The van der Waals surface area contributed by atoms with Crippen molar-refractivity contribution >= 4 is 17.2 Å². The van der Waals surface area contributed by atoms with Gasteiger partial charge in [-0.15, -0.1) is 11.3 Å². The number of hydrogen-bond donors (Lipinski definition) is 2. The third-order valence-electron chi connectivity index (χ3n) is 4.55. The molecule has 0 aliphatic carbocycles. The fourth-order valence-corrected chi connectivity index (χ4v) is 4.03. The van der Waals surface area contributed by atoms with Crippen LogP contribution in [0.1, 0.15) is 26.5 Å². The van der Waals surface area contributed by atoms with E-state index in [-0.39, 0.29) is 11.5 Å². The summed E-state index contributed by atoms with van der Waals surface area (Å²) >= 11 is 1.17. The van der Waals surface area contributed by atoms with Crippen molar-refractivity contribution in [2.75, 3.05) is 0 Å². The third-order valence-corrected chi connectivity index (χ3v) is 5.73. The highest BCUT2D eigenvalue weighted by molar-refractivity contribution is 7.17. The Labute approximate surface area is 182 Å². The predicted molar refractivity (Wildman–Crippen MR) is 119 cm³/mol. The van der Waals surface area contributed by atoms with E-state index in [0.717, 1.165) is 11.1 Å². The van der Waals surface area contributed by atoms with Crippen molar-refractivity contribution in [1.29, 1.82) is 0 Å². The number of nitrogens with zero attached hydrogens (tertiary/aromatic N) is 2. The molecule has 0 fully saturated rings. The Hall–Kier alpha value is -3.78. The van der Waals surface area contributed by atoms with Gasteiger partial charge in [-0.1, -0.05) is 36.4 Å². The smallest absolute Gasteiger partial charge is 0.263 e. The third kappa shape index (κ3) is 4.87. The van der Waals surface area contributed by atoms with Crippen LogP contribution in [0.25, 0.3) is 10.6 Å². The second-order valence-corrected chi connectivity index (χ2v) is 7.80. The highest BCUT2D eigenvalue weighted by atomic mass is 32.1. The number of rotatable bonds is 7. The number of aromatic nitrogens is 3. The van der Waals surface area contributed by atoms with E-state index in [1.54, 1.807) is 25.4 Å². The summed E-state index contributed by atoms with van der Waals surface area (Å²) in [5.74, 6) is 0.174. The van der Waals surface area contributed by atoms with Gasteiger partial charge in [0, 0.05) is 25.1 Å². The maximum atomic E-state index is 12.7. The largest absolute Gasteiger partial charge is 0.488 e. The van der Waals surface area contributed by atoms with Gasteiger partial charge < -0.3 is 15.0 Å². The summed E-state index contributed by atoms with van der Waals surface area (Å²) in [6, 6.07) is 15.1. The molecule has 4 aromatic rings. The Kier molecular flexibility index (Phi) is 6.18. The van der Waals surface area contributed by atoms with Gasteiger partial charge >= 0.3 is 0 Å². The topological polar surface area (TPSA) is 97.0 Å². The number of ether oxygens (including phenoxy) is 1. The summed E-state index contributed by atoms with van der Waals surface area (Å²) in [6.07, 6.45) is 4.92. The number of amides is 1. The fraction of sp³-hybridized carbons (Fsp3) is 0.130. The molecule has 0 unspecified atom stereocenters. The van der Waals surface area contributed by atoms with E-state index in [9.17, 15) is 9.59 Å². The summed E-state index contributed by atoms with van der Waals surface area (Å²) in [6.45, 7) is 2.43. The number of carbonyl (C=O) groups excluding carboxylic acids is 1. The number of thiazole rings is 1. The molecule has 0 atom stereocenters. The molecule has 3 heterocycles. The van der Waals surface area contributed by atoms with Gasteiger partial charge in [-0.05, 0) is 30.2 Å². The highest BCUT2D eigenvalue weighted by Crippen LogP contribution is 2.32. The minimum Gasteiger partial charge on any atom is -0.488 e. The van der Waals surface area contributed by atoms with Crippen molar-refractivity contribution in [2.45, 2.75) is 20.1 Å². The average Bonchev–Trinajstić information content (AvgIpc) is 3.18. The lowest BCUT2D eigenvalue weighted by Crippen LogP contribution is -2.22. The van der Waals surface area contributed by atoms with Crippen LogP contribution in [0, 0.1) is 6.92 Å². The van der Waals surface area contributed by atoms with E-state index in [1.807, 2.05) is 42.5 Å². The summed E-state index contributed by atoms with van der Waals surface area (Å²) < 4.78 is 5.91. The number of aryl methyl sites for hydroxylation is 1. The van der Waals surface area contributed by atoms with E-state index in [0.29, 0.717) is 40.0 Å². The predicted octanol–water partition coefficient (Wildman–Crippen LogP) is 3.71. The van der Waals surface area contributed by atoms with E-state index in [4.69, 9.17) is 4.74 Å². The first-order valence-corrected chi connectivity index (χ1v) is 10.5. The van der Waals surface area contributed by atoms with Gasteiger partial charge in [0.25, 0.3) is 11.5 Å². The SMILES string of the molecule is Cc1nc(-c2c(OCc3ccccc3)cc[nH]c2=O)sc1C(=O)NCc1cccnc1. The number of H-pyrrole nitrogens is 1. The van der Waals surface area contributed by atoms with Crippen molar-refractivity contribution in [3.63, 3.8) is 0 Å². The normalized spacial score (nSPS) is 10.6. The monoisotopic (exact) mass is 432 g/mol. The van der Waals surface area contributed by atoms with Crippen LogP contribution in [0.4, 0.5) is 0 Å². The Morgan fingerprint density at radius 1 is 1.13 bits per heavy atom. The van der Waals surface area contributed by atoms with Crippen molar-refractivity contribution in [1.82, 2.24) is 20.3 Å². The van der Waals surface area contributed by atoms with Crippen molar-refractivity contribution in [3.05, 3.63) is 99.2 Å². The van der Waals surface area contributed by atoms with Gasteiger partial charge in [-0.3, -0.25) is 14.6 Å². The van der Waals surface area contributed by atoms with Gasteiger partial charge in [0.15, 0.2) is 0 Å². The number of carbonyl (C=O) groups is 1. The number of hydrogen-bond acceptors (Lipinski definition) is 6. The number of nitrogens with one attached hydrogen (secondary N) is 2. The molecular weight excluding hydrogens is 412 g/mol.